The zero-order chi connectivity index (χ0) is 57.1. The van der Waals surface area contributed by atoms with Crippen LogP contribution in [0, 0.1) is 0 Å². The van der Waals surface area contributed by atoms with Crippen LogP contribution in [0.15, 0.2) is 85.1 Å². The van der Waals surface area contributed by atoms with Crippen LogP contribution in [0.4, 0.5) is 0 Å². The highest BCUT2D eigenvalue weighted by atomic mass is 16.6. The predicted octanol–water partition coefficient (Wildman–Crippen LogP) is 23.4. The summed E-state index contributed by atoms with van der Waals surface area (Å²) in [7, 11) is 0. The minimum atomic E-state index is -0.805. The largest absolute Gasteiger partial charge is 0.462 e. The Balaban J connectivity index is 4.28. The van der Waals surface area contributed by atoms with Gasteiger partial charge in [-0.05, 0) is 89.9 Å². The summed E-state index contributed by atoms with van der Waals surface area (Å²) in [4.78, 5) is 38.3. The van der Waals surface area contributed by atoms with E-state index in [1.807, 2.05) is 0 Å². The fraction of sp³-hybridized carbons (Fsp3) is 0.767. The minimum Gasteiger partial charge on any atom is -0.462 e. The van der Waals surface area contributed by atoms with Gasteiger partial charge < -0.3 is 14.2 Å². The standard InChI is InChI=1S/C73H128O6/c1-4-7-10-13-16-19-22-25-28-30-31-32-33-34-35-36-37-38-39-40-41-43-45-48-51-54-57-60-63-66-72(75)78-69-70(68-77-71(74)65-62-59-56-53-50-47-44-27-24-21-18-15-12-9-6-3)79-73(76)67-64-61-58-55-52-49-46-42-29-26-23-20-17-14-11-8-5-2/h8,11,17,20,22,25-26,29-31,46,49,55,58,70H,4-7,9-10,12-16,18-19,21,23-24,27-28,32-45,47-48,50-54,56-57,59-69H2,1-3H3/b11-8-,20-17-,25-22-,29-26-,31-30-,49-46-,58-55-. The number of hydrogen-bond acceptors (Lipinski definition) is 6. The lowest BCUT2D eigenvalue weighted by Crippen LogP contribution is -2.30. The molecular weight excluding hydrogens is 973 g/mol. The van der Waals surface area contributed by atoms with Crippen LogP contribution in [-0.4, -0.2) is 37.2 Å². The highest BCUT2D eigenvalue weighted by molar-refractivity contribution is 5.71. The van der Waals surface area contributed by atoms with Crippen LogP contribution in [0.1, 0.15) is 342 Å². The van der Waals surface area contributed by atoms with Crippen LogP contribution in [0.2, 0.25) is 0 Å². The number of hydrogen-bond donors (Lipinski definition) is 0. The molecule has 0 saturated carbocycles. The van der Waals surface area contributed by atoms with E-state index >= 15 is 0 Å². The fourth-order valence-electron chi connectivity index (χ4n) is 9.81. The van der Waals surface area contributed by atoms with Gasteiger partial charge in [-0.1, -0.05) is 318 Å². The summed E-state index contributed by atoms with van der Waals surface area (Å²) in [5, 5.41) is 0. The van der Waals surface area contributed by atoms with Crippen molar-refractivity contribution in [3.8, 4) is 0 Å². The van der Waals surface area contributed by atoms with Crippen LogP contribution in [0.3, 0.4) is 0 Å². The van der Waals surface area contributed by atoms with Crippen LogP contribution in [-0.2, 0) is 28.6 Å². The van der Waals surface area contributed by atoms with Crippen LogP contribution < -0.4 is 0 Å². The molecule has 6 nitrogen and oxygen atoms in total. The molecule has 0 aliphatic carbocycles. The molecular formula is C73H128O6. The molecule has 79 heavy (non-hydrogen) atoms. The second-order valence-electron chi connectivity index (χ2n) is 22.7. The lowest BCUT2D eigenvalue weighted by Gasteiger charge is -2.18. The number of carbonyl (C=O) groups is 3. The highest BCUT2D eigenvalue weighted by Gasteiger charge is 2.19. The lowest BCUT2D eigenvalue weighted by atomic mass is 10.0. The summed E-state index contributed by atoms with van der Waals surface area (Å²) in [5.41, 5.74) is 0. The van der Waals surface area contributed by atoms with Gasteiger partial charge in [0.1, 0.15) is 13.2 Å². The Morgan fingerprint density at radius 2 is 0.506 bits per heavy atom. The monoisotopic (exact) mass is 1100 g/mol. The maximum Gasteiger partial charge on any atom is 0.306 e. The first-order chi connectivity index (χ1) is 39.0. The van der Waals surface area contributed by atoms with Gasteiger partial charge >= 0.3 is 17.9 Å². The van der Waals surface area contributed by atoms with Gasteiger partial charge in [0.05, 0.1) is 0 Å². The molecule has 0 aliphatic heterocycles. The molecule has 0 amide bonds. The molecule has 456 valence electrons. The van der Waals surface area contributed by atoms with Crippen LogP contribution in [0.25, 0.3) is 0 Å². The Kier molecular flexibility index (Phi) is 64.2. The number of carbonyl (C=O) groups excluding carboxylic acids is 3. The van der Waals surface area contributed by atoms with Crippen LogP contribution >= 0.6 is 0 Å². The molecule has 1 unspecified atom stereocenters. The van der Waals surface area contributed by atoms with E-state index in [0.717, 1.165) is 83.5 Å². The first-order valence-corrected chi connectivity index (χ1v) is 34.1. The third-order valence-corrected chi connectivity index (χ3v) is 14.9. The number of esters is 3. The van der Waals surface area contributed by atoms with Crippen molar-refractivity contribution in [1.29, 1.82) is 0 Å². The first-order valence-electron chi connectivity index (χ1n) is 34.1. The van der Waals surface area contributed by atoms with E-state index < -0.39 is 6.10 Å². The van der Waals surface area contributed by atoms with E-state index in [1.165, 1.54) is 212 Å². The Bertz CT molecular complexity index is 1500. The summed E-state index contributed by atoms with van der Waals surface area (Å²) >= 11 is 0. The minimum absolute atomic E-state index is 0.0951. The first kappa shape index (κ1) is 75.6. The van der Waals surface area contributed by atoms with Crippen molar-refractivity contribution in [2.24, 2.45) is 0 Å². The average Bonchev–Trinajstić information content (AvgIpc) is 3.45. The normalized spacial score (nSPS) is 12.6. The smallest absolute Gasteiger partial charge is 0.306 e. The molecule has 0 radical (unpaired) electrons. The van der Waals surface area contributed by atoms with Gasteiger partial charge in [-0.3, -0.25) is 14.4 Å². The Hall–Kier alpha value is -3.41. The van der Waals surface area contributed by atoms with E-state index in [4.69, 9.17) is 14.2 Å². The van der Waals surface area contributed by atoms with Gasteiger partial charge in [0, 0.05) is 19.3 Å². The molecule has 0 saturated heterocycles. The summed E-state index contributed by atoms with van der Waals surface area (Å²) in [6, 6.07) is 0. The second-order valence-corrected chi connectivity index (χ2v) is 22.7. The van der Waals surface area contributed by atoms with Crippen LogP contribution in [0.5, 0.6) is 0 Å². The molecule has 0 aromatic carbocycles. The zero-order valence-electron chi connectivity index (χ0n) is 52.4. The molecule has 0 fully saturated rings. The van der Waals surface area contributed by atoms with E-state index in [1.54, 1.807) is 0 Å². The topological polar surface area (TPSA) is 78.9 Å². The third-order valence-electron chi connectivity index (χ3n) is 14.9. The SMILES string of the molecule is CC/C=C\C/C=C\C/C=C\C/C=C\C/C=C\CCCC(=O)OC(COC(=O)CCCCCCCCCCCCCCCCC)COC(=O)CCCCCCCCCCCCCCCCCCC/C=C\C/C=C\CCCCCCC. The number of unbranched alkanes of at least 4 members (excludes halogenated alkanes) is 37. The van der Waals surface area contributed by atoms with Crippen molar-refractivity contribution < 1.29 is 28.6 Å². The van der Waals surface area contributed by atoms with E-state index in [9.17, 15) is 14.4 Å². The molecule has 0 aromatic heterocycles. The third kappa shape index (κ3) is 65.3. The molecule has 0 aromatic rings. The van der Waals surface area contributed by atoms with E-state index in [-0.39, 0.29) is 37.5 Å². The number of rotatable bonds is 62. The second kappa shape index (κ2) is 67.1. The Morgan fingerprint density at radius 1 is 0.266 bits per heavy atom. The quantitative estimate of drug-likeness (QED) is 0.0261. The number of allylic oxidation sites excluding steroid dienone is 14. The summed E-state index contributed by atoms with van der Waals surface area (Å²) in [6.07, 6.45) is 89.0. The van der Waals surface area contributed by atoms with Gasteiger partial charge in [0.15, 0.2) is 6.10 Å². The maximum atomic E-state index is 12.9. The average molecular weight is 1100 g/mol. The van der Waals surface area contributed by atoms with Crippen molar-refractivity contribution in [3.05, 3.63) is 85.1 Å². The number of ether oxygens (including phenoxy) is 3. The molecule has 0 spiro atoms. The highest BCUT2D eigenvalue weighted by Crippen LogP contribution is 2.17. The van der Waals surface area contributed by atoms with Gasteiger partial charge in [-0.2, -0.15) is 0 Å². The van der Waals surface area contributed by atoms with Gasteiger partial charge in [-0.25, -0.2) is 0 Å². The zero-order valence-corrected chi connectivity index (χ0v) is 52.4. The summed E-state index contributed by atoms with van der Waals surface area (Å²) in [6.45, 7) is 6.51. The van der Waals surface area contributed by atoms with Gasteiger partial charge in [0.2, 0.25) is 0 Å². The molecule has 6 heteroatoms. The fourth-order valence-corrected chi connectivity index (χ4v) is 9.81. The summed E-state index contributed by atoms with van der Waals surface area (Å²) in [5.74, 6) is -0.937. The van der Waals surface area contributed by atoms with Crippen molar-refractivity contribution in [2.75, 3.05) is 13.2 Å². The van der Waals surface area contributed by atoms with Crippen molar-refractivity contribution in [1.82, 2.24) is 0 Å². The van der Waals surface area contributed by atoms with Crippen molar-refractivity contribution in [2.45, 2.75) is 348 Å². The van der Waals surface area contributed by atoms with Gasteiger partial charge in [0.25, 0.3) is 0 Å². The predicted molar refractivity (Wildman–Crippen MR) is 344 cm³/mol. The Labute approximate surface area is 490 Å². The van der Waals surface area contributed by atoms with E-state index in [0.29, 0.717) is 19.3 Å². The molecule has 0 bridgehead atoms. The maximum absolute atomic E-state index is 12.9. The molecule has 0 rings (SSSR count). The van der Waals surface area contributed by atoms with E-state index in [2.05, 4.69) is 106 Å². The molecule has 0 N–H and O–H groups in total. The molecule has 1 atom stereocenters. The molecule has 0 heterocycles. The van der Waals surface area contributed by atoms with Crippen molar-refractivity contribution in [3.63, 3.8) is 0 Å². The Morgan fingerprint density at radius 3 is 0.810 bits per heavy atom. The molecule has 0 aliphatic rings. The summed E-state index contributed by atoms with van der Waals surface area (Å²) < 4.78 is 16.9. The van der Waals surface area contributed by atoms with Gasteiger partial charge in [-0.15, -0.1) is 0 Å². The van der Waals surface area contributed by atoms with Crippen molar-refractivity contribution >= 4 is 17.9 Å². The lowest BCUT2D eigenvalue weighted by molar-refractivity contribution is -0.167.